The molecule has 0 aliphatic carbocycles. The van der Waals surface area contributed by atoms with Crippen molar-refractivity contribution in [2.45, 2.75) is 39.7 Å². The third-order valence-corrected chi connectivity index (χ3v) is 4.65. The summed E-state index contributed by atoms with van der Waals surface area (Å²) in [7, 11) is 0. The van der Waals surface area contributed by atoms with Crippen molar-refractivity contribution >= 4 is 28.8 Å². The number of anilines is 1. The topological polar surface area (TPSA) is 67.2 Å². The summed E-state index contributed by atoms with van der Waals surface area (Å²) in [5.41, 5.74) is 1.89. The molecule has 1 aliphatic heterocycles. The van der Waals surface area contributed by atoms with Gasteiger partial charge >= 0.3 is 0 Å². The van der Waals surface area contributed by atoms with Gasteiger partial charge in [-0.3, -0.25) is 14.9 Å². The van der Waals surface area contributed by atoms with Crippen molar-refractivity contribution in [1.82, 2.24) is 14.5 Å². The maximum atomic E-state index is 12.7. The van der Waals surface area contributed by atoms with Crippen LogP contribution in [0.1, 0.15) is 33.1 Å². The van der Waals surface area contributed by atoms with E-state index in [9.17, 15) is 9.59 Å². The van der Waals surface area contributed by atoms with Gasteiger partial charge in [0, 0.05) is 26.1 Å². The normalized spacial score (nSPS) is 17.9. The van der Waals surface area contributed by atoms with E-state index in [1.54, 1.807) is 4.90 Å². The molecule has 6 nitrogen and oxygen atoms in total. The van der Waals surface area contributed by atoms with E-state index in [0.29, 0.717) is 18.9 Å². The van der Waals surface area contributed by atoms with Crippen molar-refractivity contribution in [3.63, 3.8) is 0 Å². The highest BCUT2D eigenvalue weighted by atomic mass is 16.2. The summed E-state index contributed by atoms with van der Waals surface area (Å²) < 4.78 is 2.00. The van der Waals surface area contributed by atoms with E-state index >= 15 is 0 Å². The van der Waals surface area contributed by atoms with Gasteiger partial charge in [0.1, 0.15) is 0 Å². The molecular formula is C18H24N4O2. The Bertz CT molecular complexity index is 753. The summed E-state index contributed by atoms with van der Waals surface area (Å²) in [6.45, 7) is 5.89. The molecule has 0 unspecified atom stereocenters. The van der Waals surface area contributed by atoms with Gasteiger partial charge in [-0.1, -0.05) is 19.1 Å². The Balaban J connectivity index is 1.76. The second kappa shape index (κ2) is 7.03. The average molecular weight is 328 g/mol. The molecule has 2 amide bonds. The number of rotatable bonds is 4. The number of likely N-dealkylation sites (tertiary alicyclic amines) is 1. The molecule has 0 bridgehead atoms. The minimum Gasteiger partial charge on any atom is -0.342 e. The summed E-state index contributed by atoms with van der Waals surface area (Å²) in [4.78, 5) is 30.9. The van der Waals surface area contributed by atoms with Gasteiger partial charge in [0.25, 0.3) is 0 Å². The van der Waals surface area contributed by atoms with E-state index < -0.39 is 0 Å². The second-order valence-corrected chi connectivity index (χ2v) is 6.19. The van der Waals surface area contributed by atoms with E-state index in [1.165, 1.54) is 0 Å². The first-order valence-electron chi connectivity index (χ1n) is 8.68. The Labute approximate surface area is 141 Å². The number of carbonyl (C=O) groups excluding carboxylic acids is 2. The van der Waals surface area contributed by atoms with Gasteiger partial charge in [-0.25, -0.2) is 4.98 Å². The van der Waals surface area contributed by atoms with Crippen molar-refractivity contribution in [2.24, 2.45) is 5.92 Å². The zero-order valence-electron chi connectivity index (χ0n) is 14.3. The Morgan fingerprint density at radius 2 is 2.08 bits per heavy atom. The van der Waals surface area contributed by atoms with Crippen LogP contribution in [0.25, 0.3) is 11.0 Å². The summed E-state index contributed by atoms with van der Waals surface area (Å²) in [6, 6.07) is 7.86. The zero-order chi connectivity index (χ0) is 17.1. The number of hydrogen-bond donors (Lipinski definition) is 1. The molecule has 1 aromatic heterocycles. The molecule has 1 aliphatic rings. The van der Waals surface area contributed by atoms with E-state index in [4.69, 9.17) is 0 Å². The number of para-hydroxylation sites is 2. The molecule has 3 rings (SSSR count). The number of amides is 2. The first kappa shape index (κ1) is 16.5. The molecule has 6 heteroatoms. The number of aromatic nitrogens is 2. The molecule has 1 fully saturated rings. The number of piperidine rings is 1. The Hall–Kier alpha value is -2.37. The molecule has 0 spiro atoms. The molecule has 1 atom stereocenters. The standard InChI is InChI=1S/C18H24N4O2/c1-3-16(23)21-11-7-8-13(12-21)17(24)20-18-19-14-9-5-6-10-15(14)22(18)4-2/h5-6,9-10,13H,3-4,7-8,11-12H2,1-2H3,(H,19,20,24)/t13-/m1/s1. The number of nitrogens with one attached hydrogen (secondary N) is 1. The summed E-state index contributed by atoms with van der Waals surface area (Å²) in [5, 5.41) is 2.97. The largest absolute Gasteiger partial charge is 0.342 e. The molecule has 1 saturated heterocycles. The Morgan fingerprint density at radius 3 is 2.83 bits per heavy atom. The average Bonchev–Trinajstić information content (AvgIpc) is 2.98. The molecule has 2 heterocycles. The number of nitrogens with zero attached hydrogens (tertiary/aromatic N) is 3. The molecule has 0 radical (unpaired) electrons. The SMILES string of the molecule is CCC(=O)N1CCC[C@@H](C(=O)Nc2nc3ccccc3n2CC)C1. The predicted octanol–water partition coefficient (Wildman–Crippen LogP) is 2.64. The fourth-order valence-corrected chi connectivity index (χ4v) is 3.34. The van der Waals surface area contributed by atoms with Gasteiger partial charge in [-0.2, -0.15) is 0 Å². The fraction of sp³-hybridized carbons (Fsp3) is 0.500. The van der Waals surface area contributed by atoms with Gasteiger partial charge in [-0.15, -0.1) is 0 Å². The van der Waals surface area contributed by atoms with E-state index in [1.807, 2.05) is 42.7 Å². The maximum Gasteiger partial charge on any atom is 0.231 e. The lowest BCUT2D eigenvalue weighted by atomic mass is 9.97. The van der Waals surface area contributed by atoms with E-state index in [-0.39, 0.29) is 17.7 Å². The van der Waals surface area contributed by atoms with Gasteiger partial charge < -0.3 is 9.47 Å². The van der Waals surface area contributed by atoms with E-state index in [0.717, 1.165) is 37.0 Å². The third kappa shape index (κ3) is 3.13. The van der Waals surface area contributed by atoms with Crippen LogP contribution in [-0.4, -0.2) is 39.4 Å². The van der Waals surface area contributed by atoms with Gasteiger partial charge in [0.15, 0.2) is 0 Å². The van der Waals surface area contributed by atoms with Crippen LogP contribution in [0.15, 0.2) is 24.3 Å². The summed E-state index contributed by atoms with van der Waals surface area (Å²) in [6.07, 6.45) is 2.17. The fourth-order valence-electron chi connectivity index (χ4n) is 3.34. The van der Waals surface area contributed by atoms with Crippen LogP contribution < -0.4 is 5.32 Å². The zero-order valence-corrected chi connectivity index (χ0v) is 14.3. The van der Waals surface area contributed by atoms with Crippen LogP contribution in [0.3, 0.4) is 0 Å². The Morgan fingerprint density at radius 1 is 1.29 bits per heavy atom. The highest BCUT2D eigenvalue weighted by Gasteiger charge is 2.28. The van der Waals surface area contributed by atoms with Gasteiger partial charge in [-0.05, 0) is 31.9 Å². The maximum absolute atomic E-state index is 12.7. The van der Waals surface area contributed by atoms with Gasteiger partial charge in [0.05, 0.1) is 17.0 Å². The van der Waals surface area contributed by atoms with Crippen LogP contribution in [0.4, 0.5) is 5.95 Å². The smallest absolute Gasteiger partial charge is 0.231 e. The number of aryl methyl sites for hydroxylation is 1. The molecular weight excluding hydrogens is 304 g/mol. The van der Waals surface area contributed by atoms with Crippen LogP contribution >= 0.6 is 0 Å². The lowest BCUT2D eigenvalue weighted by molar-refractivity contribution is -0.134. The molecule has 24 heavy (non-hydrogen) atoms. The monoisotopic (exact) mass is 328 g/mol. The second-order valence-electron chi connectivity index (χ2n) is 6.19. The van der Waals surface area contributed by atoms with Crippen LogP contribution in [0.5, 0.6) is 0 Å². The first-order valence-corrected chi connectivity index (χ1v) is 8.68. The molecule has 2 aromatic rings. The van der Waals surface area contributed by atoms with Crippen LogP contribution in [0, 0.1) is 5.92 Å². The van der Waals surface area contributed by atoms with Crippen LogP contribution in [-0.2, 0) is 16.1 Å². The molecule has 1 aromatic carbocycles. The van der Waals surface area contributed by atoms with Crippen molar-refractivity contribution in [3.8, 4) is 0 Å². The minimum atomic E-state index is -0.167. The molecule has 0 saturated carbocycles. The molecule has 128 valence electrons. The summed E-state index contributed by atoms with van der Waals surface area (Å²) >= 11 is 0. The summed E-state index contributed by atoms with van der Waals surface area (Å²) in [5.74, 6) is 0.490. The minimum absolute atomic E-state index is 0.0476. The van der Waals surface area contributed by atoms with Crippen LogP contribution in [0.2, 0.25) is 0 Å². The quantitative estimate of drug-likeness (QED) is 0.938. The Kier molecular flexibility index (Phi) is 4.83. The van der Waals surface area contributed by atoms with Crippen molar-refractivity contribution in [3.05, 3.63) is 24.3 Å². The van der Waals surface area contributed by atoms with Crippen molar-refractivity contribution < 1.29 is 9.59 Å². The van der Waals surface area contributed by atoms with Crippen molar-refractivity contribution in [2.75, 3.05) is 18.4 Å². The first-order chi connectivity index (χ1) is 11.6. The highest BCUT2D eigenvalue weighted by molar-refractivity contribution is 5.93. The van der Waals surface area contributed by atoms with E-state index in [2.05, 4.69) is 10.3 Å². The number of imidazole rings is 1. The molecule has 1 N–H and O–H groups in total. The van der Waals surface area contributed by atoms with Crippen molar-refractivity contribution in [1.29, 1.82) is 0 Å². The lowest BCUT2D eigenvalue weighted by Crippen LogP contribution is -2.43. The number of carbonyl (C=O) groups is 2. The number of benzene rings is 1. The third-order valence-electron chi connectivity index (χ3n) is 4.65. The number of hydrogen-bond acceptors (Lipinski definition) is 3. The lowest BCUT2D eigenvalue weighted by Gasteiger charge is -2.31. The van der Waals surface area contributed by atoms with Gasteiger partial charge in [0.2, 0.25) is 17.8 Å². The highest BCUT2D eigenvalue weighted by Crippen LogP contribution is 2.22. The number of fused-ring (bicyclic) bond motifs is 1. The predicted molar refractivity (Wildman–Crippen MR) is 93.6 cm³/mol.